The number of ketones is 2. The van der Waals surface area contributed by atoms with Crippen LogP contribution in [0.15, 0.2) is 0 Å². The summed E-state index contributed by atoms with van der Waals surface area (Å²) in [5.74, 6) is 1.44. The van der Waals surface area contributed by atoms with E-state index >= 15 is 0 Å². The molecule has 3 atom stereocenters. The first-order valence-corrected chi connectivity index (χ1v) is 11.0. The number of likely N-dealkylation sites (tertiary alicyclic amines) is 1. The SMILES string of the molecule is O=C(CN1CCC(C(=O)C2CCCCC2)CC1)C1CCC(Cl)C(Cl)C1. The highest BCUT2D eigenvalue weighted by atomic mass is 35.5. The molecule has 3 aliphatic rings. The van der Waals surface area contributed by atoms with Crippen LogP contribution < -0.4 is 0 Å². The van der Waals surface area contributed by atoms with Crippen LogP contribution in [-0.4, -0.2) is 46.9 Å². The minimum Gasteiger partial charge on any atom is -0.299 e. The van der Waals surface area contributed by atoms with Gasteiger partial charge in [-0.15, -0.1) is 23.2 Å². The molecule has 25 heavy (non-hydrogen) atoms. The highest BCUT2D eigenvalue weighted by molar-refractivity contribution is 6.30. The lowest BCUT2D eigenvalue weighted by molar-refractivity contribution is -0.129. The zero-order chi connectivity index (χ0) is 17.8. The van der Waals surface area contributed by atoms with E-state index < -0.39 is 0 Å². The maximum Gasteiger partial charge on any atom is 0.149 e. The third-order valence-corrected chi connectivity index (χ3v) is 7.66. The summed E-state index contributed by atoms with van der Waals surface area (Å²) in [7, 11) is 0. The van der Waals surface area contributed by atoms with Gasteiger partial charge in [0, 0.05) is 23.1 Å². The van der Waals surface area contributed by atoms with Crippen LogP contribution in [0.25, 0.3) is 0 Å². The second-order valence-electron chi connectivity index (χ2n) is 8.30. The molecule has 0 aromatic rings. The lowest BCUT2D eigenvalue weighted by Gasteiger charge is -2.35. The number of rotatable bonds is 5. The van der Waals surface area contributed by atoms with E-state index in [4.69, 9.17) is 23.2 Å². The maximum absolute atomic E-state index is 12.7. The summed E-state index contributed by atoms with van der Waals surface area (Å²) in [6.07, 6.45) is 10.2. The summed E-state index contributed by atoms with van der Waals surface area (Å²) < 4.78 is 0. The highest BCUT2D eigenvalue weighted by Crippen LogP contribution is 2.33. The number of carbonyl (C=O) groups is 2. The second kappa shape index (κ2) is 9.19. The first-order valence-electron chi connectivity index (χ1n) is 10.1. The summed E-state index contributed by atoms with van der Waals surface area (Å²) in [6, 6.07) is 0. The van der Waals surface area contributed by atoms with E-state index in [1.807, 2.05) is 0 Å². The van der Waals surface area contributed by atoms with Gasteiger partial charge in [0.05, 0.1) is 11.9 Å². The number of piperidine rings is 1. The monoisotopic (exact) mass is 387 g/mol. The second-order valence-corrected chi connectivity index (χ2v) is 9.42. The lowest BCUT2D eigenvalue weighted by atomic mass is 9.78. The van der Waals surface area contributed by atoms with Crippen LogP contribution in [0.1, 0.15) is 64.2 Å². The smallest absolute Gasteiger partial charge is 0.149 e. The third-order valence-electron chi connectivity index (χ3n) is 6.53. The van der Waals surface area contributed by atoms with E-state index in [9.17, 15) is 9.59 Å². The number of hydrogen-bond donors (Lipinski definition) is 0. The molecule has 3 nitrogen and oxygen atoms in total. The summed E-state index contributed by atoms with van der Waals surface area (Å²) in [6.45, 7) is 2.28. The number of hydrogen-bond acceptors (Lipinski definition) is 3. The number of alkyl halides is 2. The molecule has 3 rings (SSSR count). The zero-order valence-corrected chi connectivity index (χ0v) is 16.6. The van der Waals surface area contributed by atoms with E-state index in [-0.39, 0.29) is 22.6 Å². The van der Waals surface area contributed by atoms with E-state index in [1.54, 1.807) is 0 Å². The molecule has 1 heterocycles. The third kappa shape index (κ3) is 5.20. The standard InChI is InChI=1S/C20H31Cl2NO2/c21-17-7-6-16(12-18(17)22)19(24)13-23-10-8-15(9-11-23)20(25)14-4-2-1-3-5-14/h14-18H,1-13H2. The molecule has 0 aromatic heterocycles. The molecule has 0 N–H and O–H groups in total. The highest BCUT2D eigenvalue weighted by Gasteiger charge is 2.34. The zero-order valence-electron chi connectivity index (χ0n) is 15.1. The van der Waals surface area contributed by atoms with Crippen LogP contribution in [0.3, 0.4) is 0 Å². The fraction of sp³-hybridized carbons (Fsp3) is 0.900. The van der Waals surface area contributed by atoms with Crippen molar-refractivity contribution in [3.8, 4) is 0 Å². The normalized spacial score (nSPS) is 33.3. The topological polar surface area (TPSA) is 37.4 Å². The molecule has 2 saturated carbocycles. The Balaban J connectivity index is 1.41. The molecular formula is C20H31Cl2NO2. The molecule has 1 saturated heterocycles. The number of Topliss-reactive ketones (excluding diaryl/α,β-unsaturated/α-hetero) is 2. The number of nitrogens with zero attached hydrogens (tertiary/aromatic N) is 1. The molecule has 0 amide bonds. The van der Waals surface area contributed by atoms with Crippen LogP contribution in [0.5, 0.6) is 0 Å². The molecule has 0 aromatic carbocycles. The van der Waals surface area contributed by atoms with Crippen LogP contribution in [0, 0.1) is 17.8 Å². The quantitative estimate of drug-likeness (QED) is 0.654. The van der Waals surface area contributed by atoms with Crippen LogP contribution in [0.4, 0.5) is 0 Å². The molecular weight excluding hydrogens is 357 g/mol. The fourth-order valence-corrected chi connectivity index (χ4v) is 5.39. The minimum absolute atomic E-state index is 0.00672. The van der Waals surface area contributed by atoms with Crippen LogP contribution in [-0.2, 0) is 9.59 Å². The summed E-state index contributed by atoms with van der Waals surface area (Å²) >= 11 is 12.4. The molecule has 142 valence electrons. The first-order chi connectivity index (χ1) is 12.0. The molecule has 0 spiro atoms. The Bertz CT molecular complexity index is 470. The van der Waals surface area contributed by atoms with Gasteiger partial charge in [-0.25, -0.2) is 0 Å². The Labute approximate surface area is 161 Å². The van der Waals surface area contributed by atoms with Crippen LogP contribution in [0.2, 0.25) is 0 Å². The Kier molecular flexibility index (Phi) is 7.22. The van der Waals surface area contributed by atoms with Gasteiger partial charge < -0.3 is 0 Å². The van der Waals surface area contributed by atoms with Gasteiger partial charge in [0.2, 0.25) is 0 Å². The number of carbonyl (C=O) groups excluding carboxylic acids is 2. The Morgan fingerprint density at radius 2 is 1.40 bits per heavy atom. The fourth-order valence-electron chi connectivity index (χ4n) is 4.82. The summed E-state index contributed by atoms with van der Waals surface area (Å²) in [4.78, 5) is 27.5. The van der Waals surface area contributed by atoms with Crippen molar-refractivity contribution in [3.05, 3.63) is 0 Å². The van der Waals surface area contributed by atoms with E-state index in [2.05, 4.69) is 4.90 Å². The molecule has 5 heteroatoms. The Morgan fingerprint density at radius 3 is 2.04 bits per heavy atom. The van der Waals surface area contributed by atoms with Gasteiger partial charge in [0.1, 0.15) is 11.6 Å². The van der Waals surface area contributed by atoms with Crippen molar-refractivity contribution in [1.29, 1.82) is 0 Å². The van der Waals surface area contributed by atoms with Crippen molar-refractivity contribution in [3.63, 3.8) is 0 Å². The first kappa shape index (κ1) is 19.6. The van der Waals surface area contributed by atoms with Crippen molar-refractivity contribution >= 4 is 34.8 Å². The molecule has 3 fully saturated rings. The van der Waals surface area contributed by atoms with Gasteiger partial charge in [0.15, 0.2) is 0 Å². The number of halogens is 2. The van der Waals surface area contributed by atoms with Gasteiger partial charge in [-0.05, 0) is 58.0 Å². The molecule has 1 aliphatic heterocycles. The van der Waals surface area contributed by atoms with Crippen molar-refractivity contribution in [2.75, 3.05) is 19.6 Å². The largest absolute Gasteiger partial charge is 0.299 e. The van der Waals surface area contributed by atoms with Crippen LogP contribution >= 0.6 is 23.2 Å². The van der Waals surface area contributed by atoms with Gasteiger partial charge in [-0.3, -0.25) is 14.5 Å². The van der Waals surface area contributed by atoms with E-state index in [0.717, 1.165) is 51.6 Å². The predicted octanol–water partition coefficient (Wildman–Crippen LogP) is 4.43. The molecule has 2 aliphatic carbocycles. The average Bonchev–Trinajstić information content (AvgIpc) is 2.64. The van der Waals surface area contributed by atoms with E-state index in [1.165, 1.54) is 19.3 Å². The predicted molar refractivity (Wildman–Crippen MR) is 102 cm³/mol. The lowest BCUT2D eigenvalue weighted by Crippen LogP contribution is -2.43. The minimum atomic E-state index is -0.0804. The maximum atomic E-state index is 12.7. The summed E-state index contributed by atoms with van der Waals surface area (Å²) in [5.41, 5.74) is 0. The molecule has 0 radical (unpaired) electrons. The van der Waals surface area contributed by atoms with Crippen molar-refractivity contribution in [1.82, 2.24) is 4.90 Å². The van der Waals surface area contributed by atoms with Crippen molar-refractivity contribution < 1.29 is 9.59 Å². The Morgan fingerprint density at radius 1 is 0.760 bits per heavy atom. The van der Waals surface area contributed by atoms with E-state index in [0.29, 0.717) is 30.4 Å². The average molecular weight is 388 g/mol. The summed E-state index contributed by atoms with van der Waals surface area (Å²) in [5, 5.41) is -0.0736. The van der Waals surface area contributed by atoms with Gasteiger partial charge in [0.25, 0.3) is 0 Å². The van der Waals surface area contributed by atoms with Gasteiger partial charge in [-0.1, -0.05) is 19.3 Å². The van der Waals surface area contributed by atoms with Gasteiger partial charge >= 0.3 is 0 Å². The molecule has 3 unspecified atom stereocenters. The van der Waals surface area contributed by atoms with Gasteiger partial charge in [-0.2, -0.15) is 0 Å². The van der Waals surface area contributed by atoms with Crippen molar-refractivity contribution in [2.24, 2.45) is 17.8 Å². The van der Waals surface area contributed by atoms with Crippen molar-refractivity contribution in [2.45, 2.75) is 75.0 Å². The molecule has 0 bridgehead atoms. The Hall–Kier alpha value is -0.120.